The van der Waals surface area contributed by atoms with E-state index in [0.29, 0.717) is 32.4 Å². The Bertz CT molecular complexity index is 800. The van der Waals surface area contributed by atoms with E-state index in [2.05, 4.69) is 11.3 Å². The lowest BCUT2D eigenvalue weighted by Crippen LogP contribution is -2.40. The summed E-state index contributed by atoms with van der Waals surface area (Å²) in [7, 11) is 1.31. The number of unbranched alkanes of at least 4 members (excludes halogenated alkanes) is 1. The molecule has 2 rings (SSSR count). The Morgan fingerprint density at radius 2 is 1.32 bits per heavy atom. The molecule has 0 saturated carbocycles. The summed E-state index contributed by atoms with van der Waals surface area (Å²) in [6, 6.07) is 0. The van der Waals surface area contributed by atoms with Crippen LogP contribution in [0.25, 0.3) is 0 Å². The quantitative estimate of drug-likeness (QED) is 0.188. The lowest BCUT2D eigenvalue weighted by Gasteiger charge is -2.27. The van der Waals surface area contributed by atoms with Crippen LogP contribution in [0.15, 0.2) is 24.8 Å². The van der Waals surface area contributed by atoms with E-state index in [1.54, 1.807) is 29.7 Å². The van der Waals surface area contributed by atoms with Gasteiger partial charge in [-0.25, -0.2) is 9.59 Å². The number of hydrogen-bond donors (Lipinski definition) is 1. The summed E-state index contributed by atoms with van der Waals surface area (Å²) < 4.78 is 14.1. The van der Waals surface area contributed by atoms with Crippen LogP contribution in [0.2, 0.25) is 0 Å². The van der Waals surface area contributed by atoms with E-state index in [1.165, 1.54) is 13.2 Å². The van der Waals surface area contributed by atoms with E-state index >= 15 is 0 Å². The first-order valence-corrected chi connectivity index (χ1v) is 13.5. The first-order chi connectivity index (χ1) is 19.1. The first-order valence-electron chi connectivity index (χ1n) is 13.5. The summed E-state index contributed by atoms with van der Waals surface area (Å²) >= 11 is 0. The second-order valence-corrected chi connectivity index (χ2v) is 8.70. The molecule has 2 amide bonds. The molecule has 0 spiro atoms. The van der Waals surface area contributed by atoms with Crippen molar-refractivity contribution in [3.05, 3.63) is 24.8 Å². The van der Waals surface area contributed by atoms with Gasteiger partial charge in [0.25, 0.3) is 12.9 Å². The van der Waals surface area contributed by atoms with Crippen molar-refractivity contribution in [3.8, 4) is 0 Å². The highest BCUT2D eigenvalue weighted by molar-refractivity contribution is 5.83. The number of hydrogen-bond acceptors (Lipinski definition) is 9. The fourth-order valence-corrected chi connectivity index (χ4v) is 3.67. The van der Waals surface area contributed by atoms with Crippen molar-refractivity contribution in [2.45, 2.75) is 97.4 Å². The van der Waals surface area contributed by atoms with Gasteiger partial charge in [0.2, 0.25) is 11.8 Å². The molecular weight excluding hydrogens is 524 g/mol. The molecule has 2 fully saturated rings. The van der Waals surface area contributed by atoms with Crippen molar-refractivity contribution in [2.24, 2.45) is 0 Å². The van der Waals surface area contributed by atoms with Crippen LogP contribution >= 0.6 is 0 Å². The van der Waals surface area contributed by atoms with Gasteiger partial charge in [0.05, 0.1) is 7.11 Å². The first kappa shape index (κ1) is 38.4. The van der Waals surface area contributed by atoms with Crippen LogP contribution in [0.5, 0.6) is 0 Å². The van der Waals surface area contributed by atoms with Gasteiger partial charge in [0, 0.05) is 38.1 Å². The van der Waals surface area contributed by atoms with Gasteiger partial charge in [0.15, 0.2) is 12.5 Å². The largest absolute Gasteiger partial charge is 0.483 e. The van der Waals surface area contributed by atoms with E-state index in [1.807, 2.05) is 6.92 Å². The molecule has 0 aromatic heterocycles. The summed E-state index contributed by atoms with van der Waals surface area (Å²) in [6.45, 7) is 10.3. The summed E-state index contributed by atoms with van der Waals surface area (Å²) in [4.78, 5) is 66.5. The Balaban J connectivity index is 0. The SMILES string of the molecule is C=CC(=O)OC(C)N1CCCCCC1=O.CCC/C=C\C(=O)OC(C)N1CCCCCC1=O.COC=O.O=CO. The van der Waals surface area contributed by atoms with E-state index in [4.69, 9.17) is 24.2 Å². The molecule has 2 aliphatic rings. The van der Waals surface area contributed by atoms with E-state index in [0.717, 1.165) is 57.4 Å². The highest BCUT2D eigenvalue weighted by atomic mass is 16.6. The van der Waals surface area contributed by atoms with Crippen LogP contribution in [-0.2, 0) is 43.0 Å². The number of carboxylic acid groups (broad SMARTS) is 1. The number of likely N-dealkylation sites (tertiary alicyclic amines) is 2. The number of esters is 2. The van der Waals surface area contributed by atoms with Gasteiger partial charge < -0.3 is 29.1 Å². The van der Waals surface area contributed by atoms with Gasteiger partial charge in [0.1, 0.15) is 0 Å². The minimum Gasteiger partial charge on any atom is -0.483 e. The van der Waals surface area contributed by atoms with Crippen molar-refractivity contribution < 1.29 is 48.1 Å². The molecule has 0 radical (unpaired) electrons. The lowest BCUT2D eigenvalue weighted by atomic mass is 10.2. The summed E-state index contributed by atoms with van der Waals surface area (Å²) in [5.41, 5.74) is 0. The second-order valence-electron chi connectivity index (χ2n) is 8.70. The molecule has 0 aromatic rings. The van der Waals surface area contributed by atoms with Crippen molar-refractivity contribution in [3.63, 3.8) is 0 Å². The second kappa shape index (κ2) is 25.6. The molecule has 2 heterocycles. The number of amides is 2. The molecule has 228 valence electrons. The monoisotopic (exact) mass is 570 g/mol. The van der Waals surface area contributed by atoms with Crippen LogP contribution in [0.3, 0.4) is 0 Å². The van der Waals surface area contributed by atoms with Crippen LogP contribution < -0.4 is 0 Å². The maximum absolute atomic E-state index is 11.8. The molecule has 2 unspecified atom stereocenters. The normalized spacial score (nSPS) is 16.5. The summed E-state index contributed by atoms with van der Waals surface area (Å²) in [6.07, 6.45) is 12.4. The molecule has 2 saturated heterocycles. The third-order valence-electron chi connectivity index (χ3n) is 5.64. The van der Waals surface area contributed by atoms with Gasteiger partial charge in [-0.1, -0.05) is 38.8 Å². The molecular formula is C28H46N2O10. The third kappa shape index (κ3) is 19.4. The van der Waals surface area contributed by atoms with Crippen molar-refractivity contribution >= 4 is 36.7 Å². The smallest absolute Gasteiger partial charge is 0.332 e. The average molecular weight is 571 g/mol. The number of rotatable bonds is 9. The maximum Gasteiger partial charge on any atom is 0.332 e. The van der Waals surface area contributed by atoms with Crippen LogP contribution in [0, 0.1) is 0 Å². The minimum absolute atomic E-state index is 0.0665. The number of allylic oxidation sites excluding steroid dienone is 1. The molecule has 12 heteroatoms. The highest BCUT2D eigenvalue weighted by Crippen LogP contribution is 2.15. The number of methoxy groups -OCH3 is 1. The zero-order chi connectivity index (χ0) is 30.8. The zero-order valence-electron chi connectivity index (χ0n) is 24.2. The van der Waals surface area contributed by atoms with Gasteiger partial charge in [-0.3, -0.25) is 19.2 Å². The molecule has 2 aliphatic heterocycles. The molecule has 40 heavy (non-hydrogen) atoms. The Labute approximate surface area is 237 Å². The number of nitrogens with zero attached hydrogens (tertiary/aromatic N) is 2. The van der Waals surface area contributed by atoms with Gasteiger partial charge in [-0.05, 0) is 46.0 Å². The number of ether oxygens (including phenoxy) is 3. The summed E-state index contributed by atoms with van der Waals surface area (Å²) in [5, 5.41) is 6.89. The molecule has 12 nitrogen and oxygen atoms in total. The average Bonchev–Trinajstić information content (AvgIpc) is 3.29. The maximum atomic E-state index is 11.8. The van der Waals surface area contributed by atoms with Crippen molar-refractivity contribution in [2.75, 3.05) is 20.2 Å². The Morgan fingerprint density at radius 1 is 0.900 bits per heavy atom. The molecule has 0 aromatic carbocycles. The predicted octanol–water partition coefficient (Wildman–Crippen LogP) is 3.59. The summed E-state index contributed by atoms with van der Waals surface area (Å²) in [5.74, 6) is -0.699. The Hall–Kier alpha value is -3.70. The minimum atomic E-state index is -0.487. The van der Waals surface area contributed by atoms with Crippen LogP contribution in [0.4, 0.5) is 0 Å². The zero-order valence-corrected chi connectivity index (χ0v) is 24.2. The third-order valence-corrected chi connectivity index (χ3v) is 5.64. The fourth-order valence-electron chi connectivity index (χ4n) is 3.67. The molecule has 2 atom stereocenters. The van der Waals surface area contributed by atoms with Crippen molar-refractivity contribution in [1.82, 2.24) is 9.80 Å². The number of carbonyl (C=O) groups excluding carboxylic acids is 5. The Morgan fingerprint density at radius 3 is 1.70 bits per heavy atom. The molecule has 0 bridgehead atoms. The topological polar surface area (TPSA) is 157 Å². The fraction of sp³-hybridized carbons (Fsp3) is 0.643. The van der Waals surface area contributed by atoms with Crippen molar-refractivity contribution in [1.29, 1.82) is 0 Å². The van der Waals surface area contributed by atoms with Gasteiger partial charge >= 0.3 is 11.9 Å². The number of carbonyl (C=O) groups is 6. The molecule has 0 aliphatic carbocycles. The standard InChI is InChI=1S/C14H23NO3.C11H17NO3.C2H4O2.CH2O2/c1-3-4-6-10-14(17)18-12(2)15-11-8-5-7-9-13(15)16;1-3-11(14)15-9(2)12-8-6-4-5-7-10(12)13;1-4-2-3;2-1-3/h6,10,12H,3-5,7-9,11H2,1-2H3;3,9H,1,4-8H2,2H3;2H,1H3;1H,(H,2,3)/b10-6-;;;. The lowest BCUT2D eigenvalue weighted by molar-refractivity contribution is -0.160. The van der Waals surface area contributed by atoms with Crippen LogP contribution in [0.1, 0.15) is 85.0 Å². The van der Waals surface area contributed by atoms with Gasteiger partial charge in [-0.2, -0.15) is 0 Å². The van der Waals surface area contributed by atoms with E-state index < -0.39 is 18.4 Å². The van der Waals surface area contributed by atoms with E-state index in [9.17, 15) is 19.2 Å². The Kier molecular flexibility index (Phi) is 24.6. The molecule has 1 N–H and O–H groups in total. The highest BCUT2D eigenvalue weighted by Gasteiger charge is 2.24. The predicted molar refractivity (Wildman–Crippen MR) is 147 cm³/mol. The van der Waals surface area contributed by atoms with Gasteiger partial charge in [-0.15, -0.1) is 0 Å². The van der Waals surface area contributed by atoms with E-state index in [-0.39, 0.29) is 24.3 Å². The van der Waals surface area contributed by atoms with Crippen LogP contribution in [-0.4, -0.2) is 84.3 Å².